The molecule has 3 atom stereocenters. The lowest BCUT2D eigenvalue weighted by molar-refractivity contribution is -0.0385. The van der Waals surface area contributed by atoms with E-state index in [1.54, 1.807) is 0 Å². The molecule has 0 amide bonds. The third-order valence-electron chi connectivity index (χ3n) is 2.80. The van der Waals surface area contributed by atoms with Crippen LogP contribution in [0, 0.1) is 0 Å². The normalized spacial score (nSPS) is 32.9. The van der Waals surface area contributed by atoms with Gasteiger partial charge in [0.25, 0.3) is 0 Å². The molecule has 0 aromatic carbocycles. The van der Waals surface area contributed by atoms with Gasteiger partial charge in [0.2, 0.25) is 0 Å². The monoisotopic (exact) mass is 191 g/mol. The molecular weight excluding hydrogens is 174 g/mol. The van der Waals surface area contributed by atoms with Crippen LogP contribution in [0.4, 0.5) is 0 Å². The van der Waals surface area contributed by atoms with Gasteiger partial charge >= 0.3 is 0 Å². The van der Waals surface area contributed by atoms with E-state index in [1.807, 2.05) is 12.3 Å². The Kier molecular flexibility index (Phi) is 2.82. The van der Waals surface area contributed by atoms with Crippen LogP contribution in [0.5, 0.6) is 0 Å². The highest BCUT2D eigenvalue weighted by atomic mass is 16.5. The van der Waals surface area contributed by atoms with Gasteiger partial charge in [-0.15, -0.1) is 0 Å². The first-order chi connectivity index (χ1) is 6.75. The Hall–Kier alpha value is -0.890. The van der Waals surface area contributed by atoms with Gasteiger partial charge < -0.3 is 4.74 Å². The molecule has 2 rings (SSSR count). The van der Waals surface area contributed by atoms with Gasteiger partial charge in [-0.05, 0) is 38.8 Å². The van der Waals surface area contributed by atoms with Crippen molar-refractivity contribution in [3.05, 3.63) is 30.1 Å². The summed E-state index contributed by atoms with van der Waals surface area (Å²) in [6.45, 7) is 4.29. The number of hydrogen-bond acceptors (Lipinski definition) is 2. The van der Waals surface area contributed by atoms with Crippen LogP contribution >= 0.6 is 0 Å². The van der Waals surface area contributed by atoms with Crippen molar-refractivity contribution < 1.29 is 4.74 Å². The molecule has 2 nitrogen and oxygen atoms in total. The second kappa shape index (κ2) is 4.09. The van der Waals surface area contributed by atoms with E-state index in [-0.39, 0.29) is 0 Å². The predicted octanol–water partition coefficient (Wildman–Crippen LogP) is 2.75. The van der Waals surface area contributed by atoms with E-state index in [1.165, 1.54) is 5.69 Å². The lowest BCUT2D eigenvalue weighted by Crippen LogP contribution is -2.28. The van der Waals surface area contributed by atoms with Crippen LogP contribution in [-0.4, -0.2) is 17.2 Å². The number of ether oxygens (including phenoxy) is 1. The zero-order valence-electron chi connectivity index (χ0n) is 8.81. The fourth-order valence-electron chi connectivity index (χ4n) is 2.26. The number of aromatic nitrogens is 1. The molecule has 1 aromatic heterocycles. The first-order valence-corrected chi connectivity index (χ1v) is 5.32. The van der Waals surface area contributed by atoms with Gasteiger partial charge in [0.1, 0.15) is 0 Å². The lowest BCUT2D eigenvalue weighted by Gasteiger charge is -2.31. The molecule has 14 heavy (non-hydrogen) atoms. The molecule has 0 N–H and O–H groups in total. The maximum Gasteiger partial charge on any atom is 0.0557 e. The second-order valence-electron chi connectivity index (χ2n) is 4.18. The molecular formula is C12H17NO. The van der Waals surface area contributed by atoms with Gasteiger partial charge in [0.15, 0.2) is 0 Å². The zero-order valence-corrected chi connectivity index (χ0v) is 8.81. The van der Waals surface area contributed by atoms with Gasteiger partial charge in [-0.3, -0.25) is 4.98 Å². The molecule has 1 aliphatic rings. The number of pyridine rings is 1. The average molecular weight is 191 g/mol. The molecule has 0 spiro atoms. The standard InChI is InChI=1S/C12H17NO/c1-9-7-11(8-10(2)14-9)12-5-3-4-6-13-12/h3-6,9-11H,7-8H2,1-2H3/t9-,10+,11?. The van der Waals surface area contributed by atoms with Gasteiger partial charge in [-0.2, -0.15) is 0 Å². The third-order valence-corrected chi connectivity index (χ3v) is 2.80. The second-order valence-corrected chi connectivity index (χ2v) is 4.18. The van der Waals surface area contributed by atoms with Crippen molar-refractivity contribution >= 4 is 0 Å². The van der Waals surface area contributed by atoms with Gasteiger partial charge in [0.05, 0.1) is 12.2 Å². The summed E-state index contributed by atoms with van der Waals surface area (Å²) in [4.78, 5) is 4.42. The van der Waals surface area contributed by atoms with Crippen LogP contribution in [0.2, 0.25) is 0 Å². The molecule has 2 heterocycles. The molecule has 0 saturated carbocycles. The molecule has 1 fully saturated rings. The number of nitrogens with zero attached hydrogens (tertiary/aromatic N) is 1. The van der Waals surface area contributed by atoms with Crippen molar-refractivity contribution in [3.8, 4) is 0 Å². The average Bonchev–Trinajstić information content (AvgIpc) is 2.18. The Bertz CT molecular complexity index is 276. The Balaban J connectivity index is 2.11. The van der Waals surface area contributed by atoms with E-state index in [4.69, 9.17) is 4.74 Å². The SMILES string of the molecule is C[C@@H]1CC(c2ccccn2)C[C@H](C)O1. The maximum atomic E-state index is 5.71. The van der Waals surface area contributed by atoms with E-state index in [2.05, 4.69) is 31.0 Å². The summed E-state index contributed by atoms with van der Waals surface area (Å²) in [5, 5.41) is 0. The first kappa shape index (κ1) is 9.66. The summed E-state index contributed by atoms with van der Waals surface area (Å²) >= 11 is 0. The molecule has 0 radical (unpaired) electrons. The Morgan fingerprint density at radius 2 is 1.93 bits per heavy atom. The number of rotatable bonds is 1. The third kappa shape index (κ3) is 2.13. The van der Waals surface area contributed by atoms with E-state index < -0.39 is 0 Å². The zero-order chi connectivity index (χ0) is 9.97. The summed E-state index contributed by atoms with van der Waals surface area (Å²) in [5.41, 5.74) is 1.22. The van der Waals surface area contributed by atoms with E-state index in [0.29, 0.717) is 18.1 Å². The molecule has 2 heteroatoms. The lowest BCUT2D eigenvalue weighted by atomic mass is 9.89. The number of hydrogen-bond donors (Lipinski definition) is 0. The van der Waals surface area contributed by atoms with Crippen LogP contribution < -0.4 is 0 Å². The Morgan fingerprint density at radius 1 is 1.21 bits per heavy atom. The largest absolute Gasteiger partial charge is 0.376 e. The molecule has 76 valence electrons. The Labute approximate surface area is 85.3 Å². The summed E-state index contributed by atoms with van der Waals surface area (Å²) in [5.74, 6) is 0.579. The van der Waals surface area contributed by atoms with E-state index in [9.17, 15) is 0 Å². The quantitative estimate of drug-likeness (QED) is 0.681. The van der Waals surface area contributed by atoms with Crippen molar-refractivity contribution in [1.29, 1.82) is 0 Å². The minimum absolute atomic E-state index is 0.366. The summed E-state index contributed by atoms with van der Waals surface area (Å²) in [6.07, 6.45) is 4.81. The molecule has 0 bridgehead atoms. The van der Waals surface area contributed by atoms with Crippen molar-refractivity contribution in [1.82, 2.24) is 4.98 Å². The smallest absolute Gasteiger partial charge is 0.0557 e. The maximum absolute atomic E-state index is 5.71. The van der Waals surface area contributed by atoms with Crippen LogP contribution in [0.1, 0.15) is 38.3 Å². The summed E-state index contributed by atoms with van der Waals surface area (Å²) in [6, 6.07) is 6.15. The van der Waals surface area contributed by atoms with E-state index >= 15 is 0 Å². The van der Waals surface area contributed by atoms with Gasteiger partial charge in [-0.25, -0.2) is 0 Å². The first-order valence-electron chi connectivity index (χ1n) is 5.32. The van der Waals surface area contributed by atoms with Crippen LogP contribution in [0.3, 0.4) is 0 Å². The van der Waals surface area contributed by atoms with Crippen molar-refractivity contribution in [2.75, 3.05) is 0 Å². The Morgan fingerprint density at radius 3 is 2.50 bits per heavy atom. The highest BCUT2D eigenvalue weighted by molar-refractivity contribution is 5.10. The summed E-state index contributed by atoms with van der Waals surface area (Å²) in [7, 11) is 0. The fourth-order valence-corrected chi connectivity index (χ4v) is 2.26. The van der Waals surface area contributed by atoms with Crippen LogP contribution in [-0.2, 0) is 4.74 Å². The minimum atomic E-state index is 0.366. The molecule has 1 unspecified atom stereocenters. The van der Waals surface area contributed by atoms with E-state index in [0.717, 1.165) is 12.8 Å². The molecule has 1 saturated heterocycles. The molecule has 0 aliphatic carbocycles. The van der Waals surface area contributed by atoms with Crippen molar-refractivity contribution in [2.45, 2.75) is 44.8 Å². The summed E-state index contributed by atoms with van der Waals surface area (Å²) < 4.78 is 5.71. The van der Waals surface area contributed by atoms with Crippen molar-refractivity contribution in [2.24, 2.45) is 0 Å². The van der Waals surface area contributed by atoms with Gasteiger partial charge in [0, 0.05) is 17.8 Å². The van der Waals surface area contributed by atoms with Gasteiger partial charge in [-0.1, -0.05) is 6.07 Å². The topological polar surface area (TPSA) is 22.1 Å². The predicted molar refractivity (Wildman–Crippen MR) is 56.2 cm³/mol. The highest BCUT2D eigenvalue weighted by Gasteiger charge is 2.25. The highest BCUT2D eigenvalue weighted by Crippen LogP contribution is 2.31. The van der Waals surface area contributed by atoms with Crippen LogP contribution in [0.25, 0.3) is 0 Å². The molecule has 1 aliphatic heterocycles. The fraction of sp³-hybridized carbons (Fsp3) is 0.583. The van der Waals surface area contributed by atoms with Crippen LogP contribution in [0.15, 0.2) is 24.4 Å². The minimum Gasteiger partial charge on any atom is -0.376 e. The molecule has 1 aromatic rings. The van der Waals surface area contributed by atoms with Crippen molar-refractivity contribution in [3.63, 3.8) is 0 Å².